The summed E-state index contributed by atoms with van der Waals surface area (Å²) in [5, 5.41) is 8.57. The van der Waals surface area contributed by atoms with Gasteiger partial charge in [-0.05, 0) is 19.3 Å². The van der Waals surface area contributed by atoms with Crippen LogP contribution in [0.2, 0.25) is 0 Å². The van der Waals surface area contributed by atoms with E-state index in [4.69, 9.17) is 0 Å². The van der Waals surface area contributed by atoms with Gasteiger partial charge in [0.15, 0.2) is 0 Å². The second-order valence-corrected chi connectivity index (χ2v) is 6.73. The molecule has 1 unspecified atom stereocenters. The Labute approximate surface area is 99.3 Å². The first kappa shape index (κ1) is 13.2. The Kier molecular flexibility index (Phi) is 3.19. The Morgan fingerprint density at radius 1 is 1.00 bits per heavy atom. The van der Waals surface area contributed by atoms with Crippen LogP contribution in [0.1, 0.15) is 66.2 Å². The van der Waals surface area contributed by atoms with Crippen molar-refractivity contribution in [3.63, 3.8) is 0 Å². The molecule has 16 heavy (non-hydrogen) atoms. The van der Waals surface area contributed by atoms with Gasteiger partial charge in [0.25, 0.3) is 0 Å². The summed E-state index contributed by atoms with van der Waals surface area (Å²) in [5.74, 6) is 2.08. The lowest BCUT2D eigenvalue weighted by molar-refractivity contribution is 0.246. The number of hydrogen-bond acceptors (Lipinski definition) is 2. The van der Waals surface area contributed by atoms with Crippen molar-refractivity contribution in [2.24, 2.45) is 5.41 Å². The van der Waals surface area contributed by atoms with E-state index in [0.717, 1.165) is 11.6 Å². The summed E-state index contributed by atoms with van der Waals surface area (Å²) in [6.07, 6.45) is 0. The molecule has 0 spiro atoms. The number of hydrogen-bond donors (Lipinski definition) is 0. The van der Waals surface area contributed by atoms with E-state index in [1.54, 1.807) is 0 Å². The molecule has 0 amide bonds. The molecule has 0 fully saturated rings. The van der Waals surface area contributed by atoms with Crippen molar-refractivity contribution in [2.45, 2.75) is 66.8 Å². The fourth-order valence-corrected chi connectivity index (χ4v) is 1.73. The van der Waals surface area contributed by atoms with Crippen LogP contribution in [0.25, 0.3) is 0 Å². The number of rotatable bonds is 1. The van der Waals surface area contributed by atoms with Crippen molar-refractivity contribution >= 4 is 0 Å². The van der Waals surface area contributed by atoms with Crippen molar-refractivity contribution in [1.29, 1.82) is 0 Å². The van der Waals surface area contributed by atoms with E-state index in [1.807, 2.05) is 6.92 Å². The summed E-state index contributed by atoms with van der Waals surface area (Å²) in [6, 6.07) is 0.400. The van der Waals surface area contributed by atoms with Crippen LogP contribution < -0.4 is 0 Å². The molecule has 3 nitrogen and oxygen atoms in total. The monoisotopic (exact) mass is 223 g/mol. The lowest BCUT2D eigenvalue weighted by atomic mass is 9.86. The molecule has 1 aromatic rings. The van der Waals surface area contributed by atoms with Crippen LogP contribution in [-0.4, -0.2) is 14.8 Å². The van der Waals surface area contributed by atoms with E-state index in [-0.39, 0.29) is 10.8 Å². The lowest BCUT2D eigenvalue weighted by Crippen LogP contribution is -2.28. The van der Waals surface area contributed by atoms with Gasteiger partial charge in [-0.1, -0.05) is 41.5 Å². The van der Waals surface area contributed by atoms with Crippen LogP contribution >= 0.6 is 0 Å². The molecule has 0 bridgehead atoms. The number of nitrogens with zero attached hydrogens (tertiary/aromatic N) is 3. The predicted molar refractivity (Wildman–Crippen MR) is 67.6 cm³/mol. The molecule has 0 radical (unpaired) electrons. The lowest BCUT2D eigenvalue weighted by Gasteiger charge is -2.32. The van der Waals surface area contributed by atoms with Gasteiger partial charge in [0.05, 0.1) is 0 Å². The van der Waals surface area contributed by atoms with Gasteiger partial charge < -0.3 is 4.57 Å². The van der Waals surface area contributed by atoms with Gasteiger partial charge in [0.2, 0.25) is 0 Å². The third-order valence-corrected chi connectivity index (χ3v) is 3.18. The molecule has 0 saturated carbocycles. The van der Waals surface area contributed by atoms with Crippen molar-refractivity contribution in [2.75, 3.05) is 0 Å². The summed E-state index contributed by atoms with van der Waals surface area (Å²) >= 11 is 0. The zero-order valence-electron chi connectivity index (χ0n) is 11.9. The maximum absolute atomic E-state index is 4.33. The van der Waals surface area contributed by atoms with Crippen LogP contribution in [0, 0.1) is 12.3 Å². The molecule has 92 valence electrons. The third kappa shape index (κ3) is 2.45. The average molecular weight is 223 g/mol. The molecule has 1 aromatic heterocycles. The Morgan fingerprint density at radius 3 is 1.88 bits per heavy atom. The van der Waals surface area contributed by atoms with Crippen LogP contribution in [0.4, 0.5) is 0 Å². The van der Waals surface area contributed by atoms with Gasteiger partial charge in [-0.15, -0.1) is 10.2 Å². The van der Waals surface area contributed by atoms with Gasteiger partial charge in [0, 0.05) is 11.5 Å². The minimum absolute atomic E-state index is 0.0424. The highest BCUT2D eigenvalue weighted by molar-refractivity contribution is 5.07. The Morgan fingerprint density at radius 2 is 1.50 bits per heavy atom. The van der Waals surface area contributed by atoms with Gasteiger partial charge in [0.1, 0.15) is 11.6 Å². The first-order valence-corrected chi connectivity index (χ1v) is 5.97. The summed E-state index contributed by atoms with van der Waals surface area (Å²) in [6.45, 7) is 17.6. The molecule has 0 N–H and O–H groups in total. The van der Waals surface area contributed by atoms with Crippen LogP contribution in [-0.2, 0) is 5.41 Å². The molecule has 0 aliphatic heterocycles. The third-order valence-electron chi connectivity index (χ3n) is 3.18. The van der Waals surface area contributed by atoms with Crippen LogP contribution in [0.5, 0.6) is 0 Å². The van der Waals surface area contributed by atoms with Crippen molar-refractivity contribution < 1.29 is 0 Å². The first-order chi connectivity index (χ1) is 7.05. The Balaban J connectivity index is 3.28. The maximum atomic E-state index is 4.33. The molecule has 3 heteroatoms. The molecular formula is C13H25N3. The smallest absolute Gasteiger partial charge is 0.138 e. The zero-order chi connectivity index (χ0) is 12.7. The fourth-order valence-electron chi connectivity index (χ4n) is 1.73. The van der Waals surface area contributed by atoms with E-state index < -0.39 is 0 Å². The maximum Gasteiger partial charge on any atom is 0.138 e. The molecule has 0 saturated heterocycles. The number of aryl methyl sites for hydroxylation is 1. The largest absolute Gasteiger partial charge is 0.311 e. The summed E-state index contributed by atoms with van der Waals surface area (Å²) in [5.41, 5.74) is 0.258. The minimum Gasteiger partial charge on any atom is -0.311 e. The molecule has 1 heterocycles. The highest BCUT2D eigenvalue weighted by atomic mass is 15.3. The Bertz CT molecular complexity index is 364. The second-order valence-electron chi connectivity index (χ2n) is 6.73. The van der Waals surface area contributed by atoms with E-state index in [1.165, 1.54) is 0 Å². The van der Waals surface area contributed by atoms with Crippen LogP contribution in [0.15, 0.2) is 0 Å². The molecule has 0 aliphatic rings. The molecule has 0 aromatic carbocycles. The van der Waals surface area contributed by atoms with Crippen molar-refractivity contribution in [3.8, 4) is 0 Å². The van der Waals surface area contributed by atoms with Gasteiger partial charge in [-0.25, -0.2) is 0 Å². The van der Waals surface area contributed by atoms with Gasteiger partial charge in [-0.3, -0.25) is 0 Å². The molecule has 0 aliphatic carbocycles. The van der Waals surface area contributed by atoms with Crippen molar-refractivity contribution in [1.82, 2.24) is 14.8 Å². The normalized spacial score (nSPS) is 15.2. The fraction of sp³-hybridized carbons (Fsp3) is 0.846. The zero-order valence-corrected chi connectivity index (χ0v) is 11.9. The van der Waals surface area contributed by atoms with Crippen molar-refractivity contribution in [3.05, 3.63) is 11.6 Å². The summed E-state index contributed by atoms with van der Waals surface area (Å²) in [4.78, 5) is 0. The summed E-state index contributed by atoms with van der Waals surface area (Å²) < 4.78 is 2.28. The van der Waals surface area contributed by atoms with Gasteiger partial charge in [-0.2, -0.15) is 0 Å². The summed E-state index contributed by atoms with van der Waals surface area (Å²) in [7, 11) is 0. The molecular weight excluding hydrogens is 198 g/mol. The highest BCUT2D eigenvalue weighted by Crippen LogP contribution is 2.34. The predicted octanol–water partition coefficient (Wildman–Crippen LogP) is 3.49. The standard InChI is InChI=1S/C13H25N3/c1-9(12(3,4)5)16-10(2)14-15-11(16)13(6,7)8/h9H,1-8H3. The average Bonchev–Trinajstić information content (AvgIpc) is 2.43. The van der Waals surface area contributed by atoms with Crippen LogP contribution in [0.3, 0.4) is 0 Å². The van der Waals surface area contributed by atoms with E-state index in [2.05, 4.69) is 63.2 Å². The first-order valence-electron chi connectivity index (χ1n) is 5.97. The second kappa shape index (κ2) is 3.86. The van der Waals surface area contributed by atoms with E-state index in [0.29, 0.717) is 6.04 Å². The number of aromatic nitrogens is 3. The van der Waals surface area contributed by atoms with Gasteiger partial charge >= 0.3 is 0 Å². The Hall–Kier alpha value is -0.860. The molecule has 1 rings (SSSR count). The minimum atomic E-state index is 0.0424. The quantitative estimate of drug-likeness (QED) is 0.729. The topological polar surface area (TPSA) is 30.7 Å². The molecule has 1 atom stereocenters. The SMILES string of the molecule is Cc1nnc(C(C)(C)C)n1C(C)C(C)(C)C. The highest BCUT2D eigenvalue weighted by Gasteiger charge is 2.30. The van der Waals surface area contributed by atoms with E-state index >= 15 is 0 Å². The van der Waals surface area contributed by atoms with E-state index in [9.17, 15) is 0 Å².